The molecule has 1 amide bonds. The number of likely N-dealkylation sites (tertiary alicyclic amines) is 2. The Hall–Kier alpha value is -1.61. The Morgan fingerprint density at radius 3 is 2.77 bits per heavy atom. The fourth-order valence-corrected chi connectivity index (χ4v) is 3.57. The second-order valence-corrected chi connectivity index (χ2v) is 6.41. The normalized spacial score (nSPS) is 24.1. The molecule has 0 spiro atoms. The van der Waals surface area contributed by atoms with E-state index in [0.29, 0.717) is 11.9 Å². The smallest absolute Gasteiger partial charge is 0.222 e. The van der Waals surface area contributed by atoms with Crippen LogP contribution in [0.5, 0.6) is 0 Å². The van der Waals surface area contributed by atoms with Gasteiger partial charge in [0.05, 0.1) is 0 Å². The van der Waals surface area contributed by atoms with E-state index in [0.717, 1.165) is 39.0 Å². The molecular weight excluding hydrogens is 272 g/mol. The Morgan fingerprint density at radius 2 is 1.95 bits per heavy atom. The molecule has 1 unspecified atom stereocenters. The van der Waals surface area contributed by atoms with Crippen LogP contribution in [0.25, 0.3) is 6.08 Å². The molecular formula is C19H26N2O. The summed E-state index contributed by atoms with van der Waals surface area (Å²) in [4.78, 5) is 16.7. The zero-order valence-electron chi connectivity index (χ0n) is 13.3. The van der Waals surface area contributed by atoms with Crippen LogP contribution < -0.4 is 0 Å². The van der Waals surface area contributed by atoms with Crippen molar-refractivity contribution in [1.82, 2.24) is 9.80 Å². The van der Waals surface area contributed by atoms with Gasteiger partial charge in [0.2, 0.25) is 5.91 Å². The summed E-state index contributed by atoms with van der Waals surface area (Å²) < 4.78 is 0. The average molecular weight is 298 g/mol. The second-order valence-electron chi connectivity index (χ2n) is 6.41. The van der Waals surface area contributed by atoms with Gasteiger partial charge in [-0.25, -0.2) is 0 Å². The van der Waals surface area contributed by atoms with Crippen molar-refractivity contribution < 1.29 is 4.79 Å². The zero-order chi connectivity index (χ0) is 15.2. The first-order valence-corrected chi connectivity index (χ1v) is 8.56. The van der Waals surface area contributed by atoms with Crippen LogP contribution in [-0.2, 0) is 4.79 Å². The molecule has 0 aliphatic carbocycles. The number of piperidine rings is 2. The summed E-state index contributed by atoms with van der Waals surface area (Å²) in [6.45, 7) is 4.13. The number of rotatable bonds is 4. The Morgan fingerprint density at radius 1 is 1.09 bits per heavy atom. The highest BCUT2D eigenvalue weighted by atomic mass is 16.2. The first kappa shape index (κ1) is 15.3. The number of carbonyl (C=O) groups is 1. The van der Waals surface area contributed by atoms with Crippen LogP contribution in [0.1, 0.15) is 37.7 Å². The highest BCUT2D eigenvalue weighted by Gasteiger charge is 2.29. The molecule has 3 rings (SSSR count). The molecule has 0 radical (unpaired) electrons. The molecule has 3 heteroatoms. The fraction of sp³-hybridized carbons (Fsp3) is 0.526. The molecule has 0 bridgehead atoms. The molecule has 2 aliphatic heterocycles. The lowest BCUT2D eigenvalue weighted by molar-refractivity contribution is -0.136. The third-order valence-corrected chi connectivity index (χ3v) is 4.75. The van der Waals surface area contributed by atoms with Gasteiger partial charge in [0.25, 0.3) is 0 Å². The van der Waals surface area contributed by atoms with Crippen LogP contribution in [0.2, 0.25) is 0 Å². The molecule has 1 aromatic rings. The van der Waals surface area contributed by atoms with Crippen LogP contribution in [0.15, 0.2) is 36.4 Å². The maximum atomic E-state index is 12.1. The van der Waals surface area contributed by atoms with Gasteiger partial charge in [0, 0.05) is 32.1 Å². The summed E-state index contributed by atoms with van der Waals surface area (Å²) in [6, 6.07) is 10.9. The van der Waals surface area contributed by atoms with Gasteiger partial charge in [0.15, 0.2) is 0 Å². The Labute approximate surface area is 133 Å². The van der Waals surface area contributed by atoms with Crippen molar-refractivity contribution in [2.24, 2.45) is 0 Å². The number of benzene rings is 1. The summed E-state index contributed by atoms with van der Waals surface area (Å²) in [5, 5.41) is 0. The van der Waals surface area contributed by atoms with Crippen molar-refractivity contribution in [2.75, 3.05) is 26.2 Å². The first-order valence-electron chi connectivity index (χ1n) is 8.56. The lowest BCUT2D eigenvalue weighted by Gasteiger charge is -2.40. The molecule has 0 N–H and O–H groups in total. The van der Waals surface area contributed by atoms with E-state index in [1.54, 1.807) is 0 Å². The van der Waals surface area contributed by atoms with Crippen LogP contribution in [0.4, 0.5) is 0 Å². The maximum Gasteiger partial charge on any atom is 0.222 e. The van der Waals surface area contributed by atoms with Crippen molar-refractivity contribution >= 4 is 12.0 Å². The van der Waals surface area contributed by atoms with Gasteiger partial charge in [-0.15, -0.1) is 0 Å². The summed E-state index contributed by atoms with van der Waals surface area (Å²) in [6.07, 6.45) is 9.82. The van der Waals surface area contributed by atoms with Gasteiger partial charge < -0.3 is 4.90 Å². The summed E-state index contributed by atoms with van der Waals surface area (Å²) in [5.74, 6) is 0.373. The number of hydrogen-bond acceptors (Lipinski definition) is 2. The van der Waals surface area contributed by atoms with Gasteiger partial charge in [-0.1, -0.05) is 42.5 Å². The minimum atomic E-state index is 0.373. The van der Waals surface area contributed by atoms with E-state index >= 15 is 0 Å². The predicted octanol–water partition coefficient (Wildman–Crippen LogP) is 3.18. The van der Waals surface area contributed by atoms with E-state index in [-0.39, 0.29) is 0 Å². The molecule has 2 fully saturated rings. The molecule has 1 aromatic carbocycles. The minimum absolute atomic E-state index is 0.373. The topological polar surface area (TPSA) is 23.6 Å². The van der Waals surface area contributed by atoms with E-state index in [1.807, 2.05) is 6.07 Å². The van der Waals surface area contributed by atoms with Crippen LogP contribution in [0.3, 0.4) is 0 Å². The van der Waals surface area contributed by atoms with Crippen LogP contribution in [0, 0.1) is 0 Å². The maximum absolute atomic E-state index is 12.1. The summed E-state index contributed by atoms with van der Waals surface area (Å²) in [7, 11) is 0. The molecule has 1 atom stereocenters. The Bertz CT molecular complexity index is 511. The standard InChI is InChI=1S/C19H26N2O/c22-19-12-4-5-15-21(19)18-11-7-14-20(16-18)13-6-10-17-8-2-1-3-9-17/h1-3,6,8-10,18H,4-5,7,11-16H2/b10-6+. The van der Waals surface area contributed by atoms with Gasteiger partial charge >= 0.3 is 0 Å². The quantitative estimate of drug-likeness (QED) is 0.852. The van der Waals surface area contributed by atoms with Gasteiger partial charge in [-0.05, 0) is 37.8 Å². The average Bonchev–Trinajstić information content (AvgIpc) is 2.57. The Balaban J connectivity index is 1.52. The molecule has 0 aromatic heterocycles. The van der Waals surface area contributed by atoms with Crippen LogP contribution >= 0.6 is 0 Å². The van der Waals surface area contributed by atoms with E-state index in [1.165, 1.54) is 24.8 Å². The fourth-order valence-electron chi connectivity index (χ4n) is 3.57. The number of nitrogens with zero attached hydrogens (tertiary/aromatic N) is 2. The summed E-state index contributed by atoms with van der Waals surface area (Å²) >= 11 is 0. The van der Waals surface area contributed by atoms with Gasteiger partial charge in [0.1, 0.15) is 0 Å². The third kappa shape index (κ3) is 3.98. The lowest BCUT2D eigenvalue weighted by Crippen LogP contribution is -2.51. The molecule has 118 valence electrons. The molecule has 2 aliphatic rings. The summed E-state index contributed by atoms with van der Waals surface area (Å²) in [5.41, 5.74) is 1.25. The zero-order valence-corrected chi connectivity index (χ0v) is 13.3. The molecule has 2 saturated heterocycles. The van der Waals surface area contributed by atoms with Crippen LogP contribution in [-0.4, -0.2) is 47.9 Å². The van der Waals surface area contributed by atoms with Gasteiger partial charge in [-0.3, -0.25) is 9.69 Å². The minimum Gasteiger partial charge on any atom is -0.338 e. The monoisotopic (exact) mass is 298 g/mol. The van der Waals surface area contributed by atoms with Gasteiger partial charge in [-0.2, -0.15) is 0 Å². The second kappa shape index (κ2) is 7.59. The molecule has 0 saturated carbocycles. The molecule has 22 heavy (non-hydrogen) atoms. The SMILES string of the molecule is O=C1CCCCN1C1CCCN(C/C=C/c2ccccc2)C1. The third-order valence-electron chi connectivity index (χ3n) is 4.75. The highest BCUT2D eigenvalue weighted by Crippen LogP contribution is 2.21. The van der Waals surface area contributed by atoms with E-state index in [4.69, 9.17) is 0 Å². The first-order chi connectivity index (χ1) is 10.8. The van der Waals surface area contributed by atoms with Crippen molar-refractivity contribution in [3.63, 3.8) is 0 Å². The molecule has 3 nitrogen and oxygen atoms in total. The predicted molar refractivity (Wildman–Crippen MR) is 90.5 cm³/mol. The highest BCUT2D eigenvalue weighted by molar-refractivity contribution is 5.77. The van der Waals surface area contributed by atoms with Crippen molar-refractivity contribution in [1.29, 1.82) is 0 Å². The number of amides is 1. The van der Waals surface area contributed by atoms with Crippen molar-refractivity contribution in [2.45, 2.75) is 38.1 Å². The number of hydrogen-bond donors (Lipinski definition) is 0. The number of carbonyl (C=O) groups excluding carboxylic acids is 1. The molecule has 2 heterocycles. The van der Waals surface area contributed by atoms with E-state index < -0.39 is 0 Å². The largest absolute Gasteiger partial charge is 0.338 e. The lowest BCUT2D eigenvalue weighted by atomic mass is 10.0. The van der Waals surface area contributed by atoms with E-state index in [2.05, 4.69) is 46.2 Å². The van der Waals surface area contributed by atoms with Crippen molar-refractivity contribution in [3.05, 3.63) is 42.0 Å². The van der Waals surface area contributed by atoms with E-state index in [9.17, 15) is 4.79 Å². The van der Waals surface area contributed by atoms with Crippen molar-refractivity contribution in [3.8, 4) is 0 Å². The Kier molecular flexibility index (Phi) is 5.28.